The third-order valence-electron chi connectivity index (χ3n) is 1.19. The molecule has 16 heavy (non-hydrogen) atoms. The number of aliphatic hydroxyl groups excluding tert-OH is 2. The Labute approximate surface area is 96.1 Å². The van der Waals surface area contributed by atoms with E-state index in [0.29, 0.717) is 33.0 Å². The van der Waals surface area contributed by atoms with Crippen LogP contribution in [0.25, 0.3) is 0 Å². The molecule has 6 nitrogen and oxygen atoms in total. The largest absolute Gasteiger partial charge is 0.466 e. The van der Waals surface area contributed by atoms with Gasteiger partial charge in [-0.3, -0.25) is 4.79 Å². The quantitative estimate of drug-likeness (QED) is 0.441. The molecule has 0 aromatic carbocycles. The Kier molecular flexibility index (Phi) is 18.5. The highest BCUT2D eigenvalue weighted by molar-refractivity contribution is 5.65. The molecule has 0 atom stereocenters. The molecule has 0 heterocycles. The SMILES string of the molecule is CCOC(C)=O.OCCOCCOCCO. The lowest BCUT2D eigenvalue weighted by Gasteiger charge is -2.01. The van der Waals surface area contributed by atoms with Gasteiger partial charge in [-0.2, -0.15) is 0 Å². The average molecular weight is 238 g/mol. The Morgan fingerprint density at radius 2 is 1.44 bits per heavy atom. The van der Waals surface area contributed by atoms with E-state index in [9.17, 15) is 4.79 Å². The van der Waals surface area contributed by atoms with Gasteiger partial charge in [0, 0.05) is 6.92 Å². The smallest absolute Gasteiger partial charge is 0.302 e. The molecule has 0 fully saturated rings. The van der Waals surface area contributed by atoms with Gasteiger partial charge in [0.1, 0.15) is 0 Å². The van der Waals surface area contributed by atoms with E-state index in [1.807, 2.05) is 0 Å². The van der Waals surface area contributed by atoms with E-state index < -0.39 is 0 Å². The van der Waals surface area contributed by atoms with Crippen LogP contribution in [-0.2, 0) is 19.0 Å². The fraction of sp³-hybridized carbons (Fsp3) is 0.900. The van der Waals surface area contributed by atoms with Gasteiger partial charge in [0.25, 0.3) is 0 Å². The summed E-state index contributed by atoms with van der Waals surface area (Å²) in [6, 6.07) is 0. The Balaban J connectivity index is 0. The molecule has 0 bridgehead atoms. The normalized spacial score (nSPS) is 9.25. The Hall–Kier alpha value is -0.690. The maximum atomic E-state index is 9.82. The molecule has 0 spiro atoms. The summed E-state index contributed by atoms with van der Waals surface area (Å²) in [6.07, 6.45) is 0. The first-order chi connectivity index (χ1) is 7.68. The highest BCUT2D eigenvalue weighted by atomic mass is 16.5. The van der Waals surface area contributed by atoms with Crippen LogP contribution >= 0.6 is 0 Å². The molecular formula is C10H22O6. The minimum Gasteiger partial charge on any atom is -0.466 e. The van der Waals surface area contributed by atoms with Gasteiger partial charge in [-0.1, -0.05) is 0 Å². The lowest BCUT2D eigenvalue weighted by atomic mass is 10.7. The topological polar surface area (TPSA) is 85.2 Å². The summed E-state index contributed by atoms with van der Waals surface area (Å²) in [5.41, 5.74) is 0. The number of carbonyl (C=O) groups is 1. The highest BCUT2D eigenvalue weighted by Crippen LogP contribution is 1.76. The van der Waals surface area contributed by atoms with Crippen molar-refractivity contribution < 1.29 is 29.2 Å². The van der Waals surface area contributed by atoms with Crippen LogP contribution in [-0.4, -0.2) is 62.4 Å². The molecule has 0 aliphatic heterocycles. The monoisotopic (exact) mass is 238 g/mol. The summed E-state index contributed by atoms with van der Waals surface area (Å²) >= 11 is 0. The second kappa shape index (κ2) is 16.7. The first kappa shape index (κ1) is 17.7. The van der Waals surface area contributed by atoms with Crippen molar-refractivity contribution in [3.05, 3.63) is 0 Å². The standard InChI is InChI=1S/C6H14O4.C4H8O2/c7-1-3-9-5-6-10-4-2-8;1-3-6-4(2)5/h7-8H,1-6H2;3H2,1-2H3. The summed E-state index contributed by atoms with van der Waals surface area (Å²) in [4.78, 5) is 9.82. The van der Waals surface area contributed by atoms with Crippen molar-refractivity contribution in [2.24, 2.45) is 0 Å². The molecule has 0 aliphatic carbocycles. The molecule has 0 aromatic rings. The van der Waals surface area contributed by atoms with Crippen molar-refractivity contribution in [1.82, 2.24) is 0 Å². The van der Waals surface area contributed by atoms with Crippen molar-refractivity contribution in [3.63, 3.8) is 0 Å². The van der Waals surface area contributed by atoms with Crippen molar-refractivity contribution in [2.45, 2.75) is 13.8 Å². The molecule has 0 amide bonds. The summed E-state index contributed by atoms with van der Waals surface area (Å²) in [5.74, 6) is -0.211. The van der Waals surface area contributed by atoms with Crippen LogP contribution in [0.5, 0.6) is 0 Å². The minimum absolute atomic E-state index is 0.0417. The number of hydrogen-bond acceptors (Lipinski definition) is 6. The van der Waals surface area contributed by atoms with E-state index in [1.54, 1.807) is 6.92 Å². The summed E-state index contributed by atoms with van der Waals surface area (Å²) < 4.78 is 14.1. The third kappa shape index (κ3) is 23.3. The van der Waals surface area contributed by atoms with Crippen LogP contribution in [0, 0.1) is 0 Å². The zero-order valence-electron chi connectivity index (χ0n) is 9.98. The van der Waals surface area contributed by atoms with E-state index >= 15 is 0 Å². The minimum atomic E-state index is -0.211. The van der Waals surface area contributed by atoms with E-state index in [4.69, 9.17) is 19.7 Å². The summed E-state index contributed by atoms with van der Waals surface area (Å²) in [5, 5.41) is 16.5. The van der Waals surface area contributed by atoms with Crippen molar-refractivity contribution in [1.29, 1.82) is 0 Å². The van der Waals surface area contributed by atoms with Crippen molar-refractivity contribution in [3.8, 4) is 0 Å². The molecule has 0 radical (unpaired) electrons. The number of rotatable bonds is 8. The van der Waals surface area contributed by atoms with E-state index in [0.717, 1.165) is 0 Å². The van der Waals surface area contributed by atoms with Crippen LogP contribution in [0.2, 0.25) is 0 Å². The Bertz CT molecular complexity index is 131. The second-order valence-electron chi connectivity index (χ2n) is 2.60. The van der Waals surface area contributed by atoms with Gasteiger partial charge in [0.05, 0.1) is 46.2 Å². The maximum Gasteiger partial charge on any atom is 0.302 e. The van der Waals surface area contributed by atoms with Gasteiger partial charge < -0.3 is 24.4 Å². The molecule has 98 valence electrons. The maximum absolute atomic E-state index is 9.82. The van der Waals surface area contributed by atoms with Gasteiger partial charge in [-0.25, -0.2) is 0 Å². The highest BCUT2D eigenvalue weighted by Gasteiger charge is 1.86. The predicted octanol–water partition coefficient (Wildman–Crippen LogP) is -0.426. The van der Waals surface area contributed by atoms with Crippen molar-refractivity contribution in [2.75, 3.05) is 46.2 Å². The molecule has 6 heteroatoms. The third-order valence-corrected chi connectivity index (χ3v) is 1.19. The predicted molar refractivity (Wildman–Crippen MR) is 58.1 cm³/mol. The number of esters is 1. The van der Waals surface area contributed by atoms with Crippen LogP contribution in [0.3, 0.4) is 0 Å². The van der Waals surface area contributed by atoms with Crippen LogP contribution in [0.4, 0.5) is 0 Å². The fourth-order valence-corrected chi connectivity index (χ4v) is 0.654. The first-order valence-corrected chi connectivity index (χ1v) is 5.19. The molecule has 0 saturated carbocycles. The molecule has 0 aliphatic rings. The molecular weight excluding hydrogens is 216 g/mol. The number of hydrogen-bond donors (Lipinski definition) is 2. The Morgan fingerprint density at radius 1 is 1.00 bits per heavy atom. The van der Waals surface area contributed by atoms with Crippen LogP contribution < -0.4 is 0 Å². The number of ether oxygens (including phenoxy) is 3. The van der Waals surface area contributed by atoms with E-state index in [-0.39, 0.29) is 19.2 Å². The second-order valence-corrected chi connectivity index (χ2v) is 2.60. The Morgan fingerprint density at radius 3 is 1.62 bits per heavy atom. The van der Waals surface area contributed by atoms with E-state index in [1.165, 1.54) is 6.92 Å². The van der Waals surface area contributed by atoms with E-state index in [2.05, 4.69) is 4.74 Å². The number of aliphatic hydroxyl groups is 2. The zero-order valence-corrected chi connectivity index (χ0v) is 9.98. The fourth-order valence-electron chi connectivity index (χ4n) is 0.654. The van der Waals surface area contributed by atoms with Gasteiger partial charge >= 0.3 is 5.97 Å². The van der Waals surface area contributed by atoms with Gasteiger partial charge in [-0.15, -0.1) is 0 Å². The molecule has 0 unspecified atom stereocenters. The molecule has 0 saturated heterocycles. The lowest BCUT2D eigenvalue weighted by molar-refractivity contribution is -0.140. The van der Waals surface area contributed by atoms with Gasteiger partial charge in [0.2, 0.25) is 0 Å². The first-order valence-electron chi connectivity index (χ1n) is 5.19. The molecule has 2 N–H and O–H groups in total. The van der Waals surface area contributed by atoms with Gasteiger partial charge in [-0.05, 0) is 6.92 Å². The zero-order chi connectivity index (χ0) is 12.6. The number of carbonyl (C=O) groups excluding carboxylic acids is 1. The summed E-state index contributed by atoms with van der Waals surface area (Å²) in [7, 11) is 0. The van der Waals surface area contributed by atoms with Crippen molar-refractivity contribution >= 4 is 5.97 Å². The van der Waals surface area contributed by atoms with Crippen LogP contribution in [0.1, 0.15) is 13.8 Å². The molecule has 0 aromatic heterocycles. The average Bonchev–Trinajstić information content (AvgIpc) is 2.24. The lowest BCUT2D eigenvalue weighted by Crippen LogP contribution is -2.09. The van der Waals surface area contributed by atoms with Gasteiger partial charge in [0.15, 0.2) is 0 Å². The summed E-state index contributed by atoms with van der Waals surface area (Å²) in [6.45, 7) is 5.38. The molecule has 0 rings (SSSR count). The van der Waals surface area contributed by atoms with Crippen LogP contribution in [0.15, 0.2) is 0 Å².